The summed E-state index contributed by atoms with van der Waals surface area (Å²) in [5, 5.41) is 10.1. The Morgan fingerprint density at radius 1 is 1.11 bits per heavy atom. The van der Waals surface area contributed by atoms with Crippen LogP contribution in [-0.2, 0) is 9.59 Å². The summed E-state index contributed by atoms with van der Waals surface area (Å²) in [6.07, 6.45) is 0.833. The third-order valence-corrected chi connectivity index (χ3v) is 8.72. The number of carbonyl (C=O) groups is 2. The molecule has 3 heterocycles. The van der Waals surface area contributed by atoms with Crippen LogP contribution in [0.1, 0.15) is 40.2 Å². The average molecular weight is 531 g/mol. The summed E-state index contributed by atoms with van der Waals surface area (Å²) < 4.78 is 1.88. The van der Waals surface area contributed by atoms with E-state index in [-0.39, 0.29) is 29.4 Å². The molecule has 1 atom stereocenters. The lowest BCUT2D eigenvalue weighted by Crippen LogP contribution is -2.42. The minimum atomic E-state index is -0.171. The smallest absolute Gasteiger partial charge is 0.240 e. The molecule has 0 bridgehead atoms. The predicted molar refractivity (Wildman–Crippen MR) is 153 cm³/mol. The molecule has 2 amide bonds. The van der Waals surface area contributed by atoms with Crippen molar-refractivity contribution in [3.8, 4) is 16.9 Å². The van der Waals surface area contributed by atoms with E-state index < -0.39 is 0 Å². The van der Waals surface area contributed by atoms with Gasteiger partial charge in [-0.15, -0.1) is 23.1 Å². The molecule has 4 aromatic rings. The van der Waals surface area contributed by atoms with Crippen LogP contribution in [0.5, 0.6) is 0 Å². The Bertz CT molecular complexity index is 1410. The first-order valence-corrected chi connectivity index (χ1v) is 14.4. The Kier molecular flexibility index (Phi) is 7.48. The van der Waals surface area contributed by atoms with Crippen molar-refractivity contribution in [2.75, 3.05) is 23.7 Å². The summed E-state index contributed by atoms with van der Waals surface area (Å²) in [6.45, 7) is 6.66. The van der Waals surface area contributed by atoms with E-state index in [0.717, 1.165) is 44.9 Å². The number of rotatable bonds is 7. The summed E-state index contributed by atoms with van der Waals surface area (Å²) in [6, 6.07) is 20.5. The topological polar surface area (TPSA) is 67.2 Å². The van der Waals surface area contributed by atoms with E-state index in [1.165, 1.54) is 0 Å². The van der Waals surface area contributed by atoms with Crippen molar-refractivity contribution in [3.05, 3.63) is 87.6 Å². The Labute approximate surface area is 225 Å². The highest BCUT2D eigenvalue weighted by Gasteiger charge is 2.38. The minimum Gasteiger partial charge on any atom is -0.355 e. The molecule has 0 fully saturated rings. The van der Waals surface area contributed by atoms with Gasteiger partial charge in [0.2, 0.25) is 11.8 Å². The van der Waals surface area contributed by atoms with Gasteiger partial charge in [0.05, 0.1) is 22.4 Å². The van der Waals surface area contributed by atoms with Gasteiger partial charge >= 0.3 is 0 Å². The second-order valence-electron chi connectivity index (χ2n) is 9.19. The molecule has 8 heteroatoms. The van der Waals surface area contributed by atoms with Crippen LogP contribution >= 0.6 is 23.1 Å². The predicted octanol–water partition coefficient (Wildman–Crippen LogP) is 5.91. The third kappa shape index (κ3) is 5.08. The average Bonchev–Trinajstić information content (AvgIpc) is 3.53. The fraction of sp³-hybridized carbons (Fsp3) is 0.276. The number of anilines is 1. The number of nitrogens with zero attached hydrogens (tertiary/aromatic N) is 3. The number of amides is 2. The molecule has 1 aliphatic heterocycles. The van der Waals surface area contributed by atoms with E-state index in [1.54, 1.807) is 28.0 Å². The Balaban J connectivity index is 1.79. The number of hydrogen-bond donors (Lipinski definition) is 1. The molecule has 0 saturated carbocycles. The van der Waals surface area contributed by atoms with Gasteiger partial charge in [-0.1, -0.05) is 61.0 Å². The van der Waals surface area contributed by atoms with Gasteiger partial charge in [-0.05, 0) is 43.3 Å². The van der Waals surface area contributed by atoms with Crippen molar-refractivity contribution in [2.24, 2.45) is 0 Å². The van der Waals surface area contributed by atoms with Crippen LogP contribution in [0.15, 0.2) is 66.0 Å². The van der Waals surface area contributed by atoms with Crippen molar-refractivity contribution in [1.82, 2.24) is 15.1 Å². The minimum absolute atomic E-state index is 0.0472. The quantitative estimate of drug-likeness (QED) is 0.322. The molecule has 37 heavy (non-hydrogen) atoms. The van der Waals surface area contributed by atoms with E-state index in [4.69, 9.17) is 5.10 Å². The van der Waals surface area contributed by atoms with Crippen LogP contribution < -0.4 is 10.2 Å². The summed E-state index contributed by atoms with van der Waals surface area (Å²) in [5.41, 5.74) is 5.88. The van der Waals surface area contributed by atoms with Crippen LogP contribution in [0.4, 0.5) is 5.82 Å². The fourth-order valence-electron chi connectivity index (χ4n) is 4.67. The maximum atomic E-state index is 13.7. The number of thioether (sulfide) groups is 1. The maximum Gasteiger partial charge on any atom is 0.240 e. The first-order valence-electron chi connectivity index (χ1n) is 12.5. The van der Waals surface area contributed by atoms with Crippen LogP contribution in [0.3, 0.4) is 0 Å². The van der Waals surface area contributed by atoms with Gasteiger partial charge in [-0.25, -0.2) is 4.68 Å². The molecule has 1 aliphatic rings. The van der Waals surface area contributed by atoms with Crippen LogP contribution in [0, 0.1) is 13.8 Å². The van der Waals surface area contributed by atoms with Crippen molar-refractivity contribution < 1.29 is 9.59 Å². The number of hydrogen-bond acceptors (Lipinski definition) is 5. The van der Waals surface area contributed by atoms with E-state index >= 15 is 0 Å². The first-order chi connectivity index (χ1) is 18.0. The normalized spacial score (nSPS) is 15.4. The van der Waals surface area contributed by atoms with Crippen LogP contribution in [0.25, 0.3) is 16.9 Å². The SMILES string of the molecule is CCCNC(=O)CN1C(=O)CS[C@H](c2cccs2)c2c(-c3ccccc3)nn(-c3ccc(C)cc3C)c21. The Morgan fingerprint density at radius 3 is 2.62 bits per heavy atom. The number of aromatic nitrogens is 2. The van der Waals surface area contributed by atoms with Gasteiger partial charge in [-0.3, -0.25) is 14.5 Å². The van der Waals surface area contributed by atoms with Crippen molar-refractivity contribution >= 4 is 40.7 Å². The molecular formula is C29H30N4O2S2. The number of nitrogens with one attached hydrogen (secondary N) is 1. The van der Waals surface area contributed by atoms with Crippen molar-refractivity contribution in [1.29, 1.82) is 0 Å². The standard InChI is InChI=1S/C29H30N4O2S2/c1-4-14-30-24(34)17-32-25(35)18-37-28(23-11-8-15-36-23)26-27(21-9-6-5-7-10-21)31-33(29(26)32)22-13-12-19(2)16-20(22)3/h5-13,15-16,28H,4,14,17-18H2,1-3H3,(H,30,34)/t28-/m1/s1. The zero-order valence-electron chi connectivity index (χ0n) is 21.2. The highest BCUT2D eigenvalue weighted by atomic mass is 32.2. The molecule has 1 N–H and O–H groups in total. The van der Waals surface area contributed by atoms with Gasteiger partial charge in [-0.2, -0.15) is 5.10 Å². The number of aryl methyl sites for hydroxylation is 2. The van der Waals surface area contributed by atoms with Gasteiger partial charge < -0.3 is 5.32 Å². The van der Waals surface area contributed by atoms with Crippen LogP contribution in [-0.4, -0.2) is 40.4 Å². The second-order valence-corrected chi connectivity index (χ2v) is 11.3. The lowest BCUT2D eigenvalue weighted by atomic mass is 10.0. The van der Waals surface area contributed by atoms with Gasteiger partial charge in [0.1, 0.15) is 12.4 Å². The van der Waals surface area contributed by atoms with Gasteiger partial charge in [0.25, 0.3) is 0 Å². The third-order valence-electron chi connectivity index (χ3n) is 6.39. The number of benzene rings is 2. The van der Waals surface area contributed by atoms with E-state index in [9.17, 15) is 9.59 Å². The van der Waals surface area contributed by atoms with Crippen molar-refractivity contribution in [2.45, 2.75) is 32.4 Å². The molecular weight excluding hydrogens is 500 g/mol. The molecule has 0 unspecified atom stereocenters. The zero-order chi connectivity index (χ0) is 25.9. The lowest BCUT2D eigenvalue weighted by Gasteiger charge is -2.23. The number of thiophene rings is 1. The number of carbonyl (C=O) groups excluding carboxylic acids is 2. The van der Waals surface area contributed by atoms with E-state index in [2.05, 4.69) is 54.9 Å². The maximum absolute atomic E-state index is 13.7. The molecule has 190 valence electrons. The highest BCUT2D eigenvalue weighted by molar-refractivity contribution is 8.00. The van der Waals surface area contributed by atoms with Crippen molar-refractivity contribution in [3.63, 3.8) is 0 Å². The summed E-state index contributed by atoms with van der Waals surface area (Å²) >= 11 is 3.28. The Hall–Kier alpha value is -3.36. The highest BCUT2D eigenvalue weighted by Crippen LogP contribution is 2.49. The molecule has 5 rings (SSSR count). The molecule has 0 radical (unpaired) electrons. The Morgan fingerprint density at radius 2 is 1.92 bits per heavy atom. The van der Waals surface area contributed by atoms with E-state index in [1.807, 2.05) is 41.9 Å². The van der Waals surface area contributed by atoms with Gasteiger partial charge in [0.15, 0.2) is 0 Å². The first kappa shape index (κ1) is 25.3. The largest absolute Gasteiger partial charge is 0.355 e. The lowest BCUT2D eigenvalue weighted by molar-refractivity contribution is -0.122. The molecule has 0 saturated heterocycles. The number of fused-ring (bicyclic) bond motifs is 1. The zero-order valence-corrected chi connectivity index (χ0v) is 22.9. The monoisotopic (exact) mass is 530 g/mol. The fourth-order valence-corrected chi connectivity index (χ4v) is 6.84. The molecule has 2 aromatic heterocycles. The summed E-state index contributed by atoms with van der Waals surface area (Å²) in [4.78, 5) is 29.4. The van der Waals surface area contributed by atoms with Gasteiger partial charge in [0, 0.05) is 22.5 Å². The molecule has 6 nitrogen and oxygen atoms in total. The van der Waals surface area contributed by atoms with E-state index in [0.29, 0.717) is 12.4 Å². The molecule has 2 aromatic carbocycles. The molecule has 0 aliphatic carbocycles. The summed E-state index contributed by atoms with van der Waals surface area (Å²) in [7, 11) is 0. The van der Waals surface area contributed by atoms with Crippen LogP contribution in [0.2, 0.25) is 0 Å². The summed E-state index contributed by atoms with van der Waals surface area (Å²) in [5.74, 6) is 0.683. The molecule has 0 spiro atoms. The second kappa shape index (κ2) is 10.9.